The summed E-state index contributed by atoms with van der Waals surface area (Å²) in [6.45, 7) is 0. The van der Waals surface area contributed by atoms with Crippen LogP contribution in [0, 0.1) is 5.92 Å². The van der Waals surface area contributed by atoms with Gasteiger partial charge in [-0.2, -0.15) is 0 Å². The van der Waals surface area contributed by atoms with Crippen LogP contribution in [-0.4, -0.2) is 17.5 Å². The molecule has 1 aliphatic rings. The molecule has 1 fully saturated rings. The van der Waals surface area contributed by atoms with Gasteiger partial charge in [0.05, 0.1) is 5.56 Å². The summed E-state index contributed by atoms with van der Waals surface area (Å²) in [6.07, 6.45) is 2.28. The zero-order valence-electron chi connectivity index (χ0n) is 10.7. The second kappa shape index (κ2) is 6.13. The first-order valence-corrected chi connectivity index (χ1v) is 6.71. The summed E-state index contributed by atoms with van der Waals surface area (Å²) < 4.78 is 26.7. The number of benzene rings is 1. The van der Waals surface area contributed by atoms with Gasteiger partial charge in [0.15, 0.2) is 0 Å². The van der Waals surface area contributed by atoms with Crippen molar-refractivity contribution >= 4 is 5.97 Å². The van der Waals surface area contributed by atoms with Crippen LogP contribution in [0.4, 0.5) is 8.78 Å². The summed E-state index contributed by atoms with van der Waals surface area (Å²) >= 11 is 0. The lowest BCUT2D eigenvalue weighted by atomic mass is 9.77. The number of hydrogen-bond acceptors (Lipinski definition) is 1. The quantitative estimate of drug-likeness (QED) is 0.883. The van der Waals surface area contributed by atoms with Crippen LogP contribution in [0.5, 0.6) is 0 Å². The first-order valence-electron chi connectivity index (χ1n) is 6.71. The molecular weight excluding hydrogens is 250 g/mol. The summed E-state index contributed by atoms with van der Waals surface area (Å²) in [5.74, 6) is -1.93. The molecule has 1 unspecified atom stereocenters. The van der Waals surface area contributed by atoms with Gasteiger partial charge < -0.3 is 5.11 Å². The first-order chi connectivity index (χ1) is 9.09. The Balaban J connectivity index is 2.27. The molecule has 0 aliphatic heterocycles. The number of aromatic carboxylic acids is 1. The van der Waals surface area contributed by atoms with E-state index in [0.717, 1.165) is 32.1 Å². The van der Waals surface area contributed by atoms with Gasteiger partial charge in [-0.1, -0.05) is 31.4 Å². The highest BCUT2D eigenvalue weighted by Gasteiger charge is 2.32. The van der Waals surface area contributed by atoms with Crippen molar-refractivity contribution in [2.24, 2.45) is 5.92 Å². The third kappa shape index (κ3) is 3.31. The monoisotopic (exact) mass is 268 g/mol. The maximum absolute atomic E-state index is 13.4. The molecule has 0 saturated heterocycles. The second-order valence-corrected chi connectivity index (χ2v) is 5.19. The van der Waals surface area contributed by atoms with Crippen molar-refractivity contribution in [1.29, 1.82) is 0 Å². The van der Waals surface area contributed by atoms with E-state index in [0.29, 0.717) is 5.56 Å². The van der Waals surface area contributed by atoms with Gasteiger partial charge in [0.1, 0.15) is 0 Å². The molecule has 19 heavy (non-hydrogen) atoms. The van der Waals surface area contributed by atoms with E-state index >= 15 is 0 Å². The lowest BCUT2D eigenvalue weighted by molar-refractivity contribution is 0.0686. The van der Waals surface area contributed by atoms with Crippen LogP contribution in [0.25, 0.3) is 0 Å². The normalized spacial score (nSPS) is 18.5. The summed E-state index contributed by atoms with van der Waals surface area (Å²) in [6, 6.07) is 6.01. The van der Waals surface area contributed by atoms with Gasteiger partial charge in [-0.15, -0.1) is 0 Å². The minimum absolute atomic E-state index is 0.0298. The molecule has 0 spiro atoms. The standard InChI is InChI=1S/C15H18F2O2/c16-14(17)13(10-5-2-1-3-6-10)11-7-4-8-12(9-11)15(18)19/h4,7-10,13-14H,1-3,5-6H2,(H,18,19). The van der Waals surface area contributed by atoms with Crippen molar-refractivity contribution in [3.05, 3.63) is 35.4 Å². The Kier molecular flexibility index (Phi) is 4.51. The Hall–Kier alpha value is -1.45. The lowest BCUT2D eigenvalue weighted by Crippen LogP contribution is -2.22. The van der Waals surface area contributed by atoms with E-state index < -0.39 is 18.3 Å². The molecule has 0 heterocycles. The van der Waals surface area contributed by atoms with Crippen molar-refractivity contribution < 1.29 is 18.7 Å². The summed E-state index contributed by atoms with van der Waals surface area (Å²) in [5, 5.41) is 8.95. The number of alkyl halides is 2. The Morgan fingerprint density at radius 2 is 1.89 bits per heavy atom. The maximum atomic E-state index is 13.4. The first kappa shape index (κ1) is 14.0. The molecule has 0 aromatic heterocycles. The van der Waals surface area contributed by atoms with Gasteiger partial charge in [0.2, 0.25) is 6.43 Å². The van der Waals surface area contributed by atoms with Crippen LogP contribution in [0.2, 0.25) is 0 Å². The molecule has 0 bridgehead atoms. The van der Waals surface area contributed by atoms with Crippen molar-refractivity contribution in [2.75, 3.05) is 0 Å². The summed E-state index contributed by atoms with van der Waals surface area (Å²) in [5.41, 5.74) is 0.542. The molecule has 1 aliphatic carbocycles. The Bertz CT molecular complexity index is 440. The van der Waals surface area contributed by atoms with Gasteiger partial charge in [0, 0.05) is 5.92 Å². The second-order valence-electron chi connectivity index (χ2n) is 5.19. The number of hydrogen-bond donors (Lipinski definition) is 1. The molecule has 0 radical (unpaired) electrons. The predicted octanol–water partition coefficient (Wildman–Crippen LogP) is 4.31. The fourth-order valence-corrected chi connectivity index (χ4v) is 3.00. The number of carbonyl (C=O) groups is 1. The largest absolute Gasteiger partial charge is 0.478 e. The molecule has 2 nitrogen and oxygen atoms in total. The molecule has 1 aromatic carbocycles. The average Bonchev–Trinajstić information content (AvgIpc) is 2.40. The molecule has 2 rings (SSSR count). The number of carboxylic acids is 1. The molecule has 1 atom stereocenters. The van der Waals surface area contributed by atoms with Crippen LogP contribution < -0.4 is 0 Å². The zero-order valence-corrected chi connectivity index (χ0v) is 10.7. The van der Waals surface area contributed by atoms with Crippen molar-refractivity contribution in [1.82, 2.24) is 0 Å². The summed E-state index contributed by atoms with van der Waals surface area (Å²) in [4.78, 5) is 10.9. The van der Waals surface area contributed by atoms with Gasteiger partial charge in [0.25, 0.3) is 0 Å². The van der Waals surface area contributed by atoms with Crippen LogP contribution in [0.3, 0.4) is 0 Å². The Morgan fingerprint density at radius 3 is 2.47 bits per heavy atom. The van der Waals surface area contributed by atoms with E-state index in [9.17, 15) is 13.6 Å². The highest BCUT2D eigenvalue weighted by atomic mass is 19.3. The fourth-order valence-electron chi connectivity index (χ4n) is 3.00. The predicted molar refractivity (Wildman–Crippen MR) is 68.7 cm³/mol. The van der Waals surface area contributed by atoms with Crippen molar-refractivity contribution in [3.8, 4) is 0 Å². The molecule has 0 amide bonds. The van der Waals surface area contributed by atoms with E-state index in [1.54, 1.807) is 12.1 Å². The highest BCUT2D eigenvalue weighted by Crippen LogP contribution is 2.39. The SMILES string of the molecule is O=C(O)c1cccc(C(C(F)F)C2CCCCC2)c1. The molecule has 104 valence electrons. The van der Waals surface area contributed by atoms with Gasteiger partial charge in [-0.05, 0) is 36.5 Å². The number of rotatable bonds is 4. The van der Waals surface area contributed by atoms with Gasteiger partial charge in [-0.25, -0.2) is 13.6 Å². The Labute approximate surface area is 111 Å². The maximum Gasteiger partial charge on any atom is 0.335 e. The van der Waals surface area contributed by atoms with Crippen LogP contribution in [0.1, 0.15) is 53.9 Å². The summed E-state index contributed by atoms with van der Waals surface area (Å²) in [7, 11) is 0. The number of halogens is 2. The number of carboxylic acid groups (broad SMARTS) is 1. The topological polar surface area (TPSA) is 37.3 Å². The molecular formula is C15H18F2O2. The van der Waals surface area contributed by atoms with Gasteiger partial charge in [-0.3, -0.25) is 0 Å². The molecule has 1 N–H and O–H groups in total. The van der Waals surface area contributed by atoms with Crippen LogP contribution >= 0.6 is 0 Å². The molecule has 1 saturated carbocycles. The lowest BCUT2D eigenvalue weighted by Gasteiger charge is -2.30. The van der Waals surface area contributed by atoms with E-state index in [1.165, 1.54) is 12.1 Å². The van der Waals surface area contributed by atoms with Crippen molar-refractivity contribution in [2.45, 2.75) is 44.4 Å². The van der Waals surface area contributed by atoms with E-state index in [2.05, 4.69) is 0 Å². The minimum Gasteiger partial charge on any atom is -0.478 e. The van der Waals surface area contributed by atoms with Crippen LogP contribution in [-0.2, 0) is 0 Å². The molecule has 1 aromatic rings. The van der Waals surface area contributed by atoms with E-state index in [-0.39, 0.29) is 11.5 Å². The molecule has 4 heteroatoms. The minimum atomic E-state index is -2.44. The Morgan fingerprint density at radius 1 is 1.21 bits per heavy atom. The fraction of sp³-hybridized carbons (Fsp3) is 0.533. The van der Waals surface area contributed by atoms with E-state index in [1.807, 2.05) is 0 Å². The average molecular weight is 268 g/mol. The third-order valence-electron chi connectivity index (χ3n) is 3.95. The van der Waals surface area contributed by atoms with Crippen molar-refractivity contribution in [3.63, 3.8) is 0 Å². The zero-order chi connectivity index (χ0) is 13.8. The van der Waals surface area contributed by atoms with E-state index in [4.69, 9.17) is 5.11 Å². The third-order valence-corrected chi connectivity index (χ3v) is 3.95. The van der Waals surface area contributed by atoms with Gasteiger partial charge >= 0.3 is 5.97 Å². The van der Waals surface area contributed by atoms with Crippen LogP contribution in [0.15, 0.2) is 24.3 Å². The highest BCUT2D eigenvalue weighted by molar-refractivity contribution is 5.87. The smallest absolute Gasteiger partial charge is 0.335 e.